The molecule has 0 heterocycles. The molecule has 4 aliphatic rings. The maximum Gasteiger partial charge on any atom is 0.296 e. The standard InChI is InChI=1S/C19H24N2O4S/c1-25-15-2-3-16(17(7-15)21(23)24)20-18(22)11-26-19-8-12-4-13(9-19)6-14(5-12)10-19/h2-3,7,12-14H,4-6,8-11H2,1H3,(H,20,22). The Morgan fingerprint density at radius 1 is 1.27 bits per heavy atom. The second-order valence-electron chi connectivity index (χ2n) is 8.08. The summed E-state index contributed by atoms with van der Waals surface area (Å²) in [5.41, 5.74) is 0.0874. The highest BCUT2D eigenvalue weighted by Gasteiger charge is 2.51. The molecule has 1 N–H and O–H groups in total. The first kappa shape index (κ1) is 17.6. The number of benzene rings is 1. The summed E-state index contributed by atoms with van der Waals surface area (Å²) in [6.45, 7) is 0. The minimum atomic E-state index is -0.496. The van der Waals surface area contributed by atoms with E-state index in [4.69, 9.17) is 4.74 Å². The van der Waals surface area contributed by atoms with E-state index in [1.54, 1.807) is 17.8 Å². The molecule has 26 heavy (non-hydrogen) atoms. The molecular weight excluding hydrogens is 352 g/mol. The predicted octanol–water partition coefficient (Wildman–Crippen LogP) is 4.24. The van der Waals surface area contributed by atoms with Gasteiger partial charge in [-0.1, -0.05) is 0 Å². The van der Waals surface area contributed by atoms with E-state index in [0.717, 1.165) is 17.8 Å². The molecule has 0 saturated heterocycles. The number of nitrogens with zero attached hydrogens (tertiary/aromatic N) is 1. The van der Waals surface area contributed by atoms with E-state index in [-0.39, 0.29) is 22.0 Å². The van der Waals surface area contributed by atoms with Gasteiger partial charge in [0, 0.05) is 4.75 Å². The van der Waals surface area contributed by atoms with Crippen molar-refractivity contribution in [2.24, 2.45) is 17.8 Å². The molecule has 0 spiro atoms. The van der Waals surface area contributed by atoms with Gasteiger partial charge in [0.2, 0.25) is 5.91 Å². The van der Waals surface area contributed by atoms with Gasteiger partial charge in [0.05, 0.1) is 23.9 Å². The Labute approximate surface area is 157 Å². The predicted molar refractivity (Wildman–Crippen MR) is 102 cm³/mol. The number of thioether (sulfide) groups is 1. The van der Waals surface area contributed by atoms with Crippen LogP contribution in [-0.2, 0) is 4.79 Å². The summed E-state index contributed by atoms with van der Waals surface area (Å²) in [6.07, 6.45) is 7.84. The van der Waals surface area contributed by atoms with Gasteiger partial charge in [0.25, 0.3) is 5.69 Å². The summed E-state index contributed by atoms with van der Waals surface area (Å²) in [6, 6.07) is 4.49. The Morgan fingerprint density at radius 2 is 1.88 bits per heavy atom. The molecule has 0 radical (unpaired) electrons. The van der Waals surface area contributed by atoms with Gasteiger partial charge >= 0.3 is 0 Å². The number of rotatable bonds is 6. The molecule has 1 aromatic carbocycles. The topological polar surface area (TPSA) is 81.5 Å². The number of hydrogen-bond donors (Lipinski definition) is 1. The summed E-state index contributed by atoms with van der Waals surface area (Å²) < 4.78 is 5.29. The molecule has 0 unspecified atom stereocenters. The summed E-state index contributed by atoms with van der Waals surface area (Å²) >= 11 is 1.78. The minimum absolute atomic E-state index is 0.141. The molecule has 1 aromatic rings. The fourth-order valence-electron chi connectivity index (χ4n) is 5.51. The molecule has 4 saturated carbocycles. The lowest BCUT2D eigenvalue weighted by Gasteiger charge is -2.56. The minimum Gasteiger partial charge on any atom is -0.496 e. The van der Waals surface area contributed by atoms with Gasteiger partial charge in [-0.25, -0.2) is 0 Å². The fourth-order valence-corrected chi connectivity index (χ4v) is 7.08. The quantitative estimate of drug-likeness (QED) is 0.593. The molecule has 7 heteroatoms. The molecule has 0 aliphatic heterocycles. The van der Waals surface area contributed by atoms with Crippen molar-refractivity contribution >= 4 is 29.0 Å². The van der Waals surface area contributed by atoms with Gasteiger partial charge in [-0.3, -0.25) is 14.9 Å². The van der Waals surface area contributed by atoms with Crippen molar-refractivity contribution in [3.05, 3.63) is 28.3 Å². The largest absolute Gasteiger partial charge is 0.496 e. The van der Waals surface area contributed by atoms with Crippen LogP contribution in [-0.4, -0.2) is 28.4 Å². The molecule has 6 nitrogen and oxygen atoms in total. The Kier molecular flexibility index (Phi) is 4.59. The number of hydrogen-bond acceptors (Lipinski definition) is 5. The summed E-state index contributed by atoms with van der Waals surface area (Å²) in [5, 5.41) is 14.0. The molecule has 4 aliphatic carbocycles. The van der Waals surface area contributed by atoms with E-state index >= 15 is 0 Å². The molecule has 140 valence electrons. The third kappa shape index (κ3) is 3.41. The highest BCUT2D eigenvalue weighted by molar-refractivity contribution is 8.01. The number of carbonyl (C=O) groups is 1. The summed E-state index contributed by atoms with van der Waals surface area (Å²) in [4.78, 5) is 23.2. The van der Waals surface area contributed by atoms with Crippen LogP contribution in [0.1, 0.15) is 38.5 Å². The fraction of sp³-hybridized carbons (Fsp3) is 0.632. The first-order valence-electron chi connectivity index (χ1n) is 9.22. The molecule has 0 atom stereocenters. The van der Waals surface area contributed by atoms with Crippen molar-refractivity contribution in [2.75, 3.05) is 18.2 Å². The van der Waals surface area contributed by atoms with Crippen LogP contribution in [0, 0.1) is 27.9 Å². The Balaban J connectivity index is 1.40. The van der Waals surface area contributed by atoms with Crippen molar-refractivity contribution < 1.29 is 14.5 Å². The van der Waals surface area contributed by atoms with E-state index in [1.807, 2.05) is 0 Å². The molecule has 4 fully saturated rings. The number of nitro benzene ring substituents is 1. The Bertz CT molecular complexity index is 701. The Morgan fingerprint density at radius 3 is 2.42 bits per heavy atom. The zero-order chi connectivity index (χ0) is 18.3. The van der Waals surface area contributed by atoms with Crippen LogP contribution in [0.4, 0.5) is 11.4 Å². The van der Waals surface area contributed by atoms with Crippen LogP contribution in [0.25, 0.3) is 0 Å². The van der Waals surface area contributed by atoms with E-state index < -0.39 is 4.92 Å². The van der Waals surface area contributed by atoms with Gasteiger partial charge in [0.1, 0.15) is 11.4 Å². The highest BCUT2D eigenvalue weighted by Crippen LogP contribution is 2.60. The maximum absolute atomic E-state index is 12.4. The average Bonchev–Trinajstić information content (AvgIpc) is 2.59. The first-order valence-corrected chi connectivity index (χ1v) is 10.2. The van der Waals surface area contributed by atoms with E-state index in [2.05, 4.69) is 5.32 Å². The lowest BCUT2D eigenvalue weighted by atomic mass is 9.56. The van der Waals surface area contributed by atoms with Crippen LogP contribution in [0.5, 0.6) is 5.75 Å². The summed E-state index contributed by atoms with van der Waals surface area (Å²) in [7, 11) is 1.46. The number of amides is 1. The van der Waals surface area contributed by atoms with Crippen LogP contribution < -0.4 is 10.1 Å². The zero-order valence-corrected chi connectivity index (χ0v) is 15.7. The van der Waals surface area contributed by atoms with Crippen LogP contribution in [0.3, 0.4) is 0 Å². The normalized spacial score (nSPS) is 31.7. The monoisotopic (exact) mass is 376 g/mol. The first-order chi connectivity index (χ1) is 12.5. The zero-order valence-electron chi connectivity index (χ0n) is 14.9. The third-order valence-electron chi connectivity index (χ3n) is 6.17. The van der Waals surface area contributed by atoms with Gasteiger partial charge in [-0.05, 0) is 68.4 Å². The highest BCUT2D eigenvalue weighted by atomic mass is 32.2. The molecular formula is C19H24N2O4S. The van der Waals surface area contributed by atoms with Crippen molar-refractivity contribution in [1.29, 1.82) is 0 Å². The summed E-state index contributed by atoms with van der Waals surface area (Å²) in [5.74, 6) is 3.13. The molecule has 4 bridgehead atoms. The van der Waals surface area contributed by atoms with Gasteiger partial charge in [-0.2, -0.15) is 0 Å². The van der Waals surface area contributed by atoms with Crippen LogP contribution >= 0.6 is 11.8 Å². The van der Waals surface area contributed by atoms with Crippen molar-refractivity contribution in [1.82, 2.24) is 0 Å². The lowest BCUT2D eigenvalue weighted by Crippen LogP contribution is -2.49. The number of nitro groups is 1. The number of nitrogens with one attached hydrogen (secondary N) is 1. The number of anilines is 1. The number of methoxy groups -OCH3 is 1. The third-order valence-corrected chi connectivity index (χ3v) is 7.69. The van der Waals surface area contributed by atoms with Gasteiger partial charge in [0.15, 0.2) is 0 Å². The van der Waals surface area contributed by atoms with E-state index in [9.17, 15) is 14.9 Å². The molecule has 0 aromatic heterocycles. The van der Waals surface area contributed by atoms with Crippen molar-refractivity contribution in [3.63, 3.8) is 0 Å². The smallest absolute Gasteiger partial charge is 0.296 e. The van der Waals surface area contributed by atoms with Crippen molar-refractivity contribution in [3.8, 4) is 5.75 Å². The Hall–Kier alpha value is -1.76. The van der Waals surface area contributed by atoms with Crippen molar-refractivity contribution in [2.45, 2.75) is 43.3 Å². The SMILES string of the molecule is COc1ccc(NC(=O)CSC23CC4CC(CC(C4)C2)C3)c([N+](=O)[O-])c1. The number of ether oxygens (including phenoxy) is 1. The van der Waals surface area contributed by atoms with Crippen LogP contribution in [0.2, 0.25) is 0 Å². The van der Waals surface area contributed by atoms with Gasteiger partial charge in [-0.15, -0.1) is 11.8 Å². The second kappa shape index (κ2) is 6.76. The average molecular weight is 376 g/mol. The van der Waals surface area contributed by atoms with Gasteiger partial charge < -0.3 is 10.1 Å². The van der Waals surface area contributed by atoms with Crippen LogP contribution in [0.15, 0.2) is 18.2 Å². The maximum atomic E-state index is 12.4. The number of carbonyl (C=O) groups excluding carboxylic acids is 1. The van der Waals surface area contributed by atoms with E-state index in [1.165, 1.54) is 57.8 Å². The van der Waals surface area contributed by atoms with E-state index in [0.29, 0.717) is 11.5 Å². The molecule has 1 amide bonds. The second-order valence-corrected chi connectivity index (χ2v) is 9.52. The lowest BCUT2D eigenvalue weighted by molar-refractivity contribution is -0.384. The molecule has 5 rings (SSSR count).